The van der Waals surface area contributed by atoms with Gasteiger partial charge in [0.05, 0.1) is 23.4 Å². The van der Waals surface area contributed by atoms with E-state index < -0.39 is 5.97 Å². The fraction of sp³-hybridized carbons (Fsp3) is 0.308. The van der Waals surface area contributed by atoms with Crippen LogP contribution in [0.3, 0.4) is 0 Å². The average Bonchev–Trinajstić information content (AvgIpc) is 2.85. The molecule has 1 aliphatic rings. The number of anilines is 1. The zero-order valence-electron chi connectivity index (χ0n) is 11.2. The topological polar surface area (TPSA) is 75.7 Å². The van der Waals surface area contributed by atoms with Crippen LogP contribution in [0.2, 0.25) is 5.02 Å². The lowest BCUT2D eigenvalue weighted by atomic mass is 10.2. The molecule has 112 valence electrons. The highest BCUT2D eigenvalue weighted by Gasteiger charge is 2.23. The largest absolute Gasteiger partial charge is 0.465 e. The zero-order valence-corrected chi connectivity index (χ0v) is 12.8. The molecule has 1 aliphatic heterocycles. The second kappa shape index (κ2) is 6.82. The summed E-state index contributed by atoms with van der Waals surface area (Å²) in [6.07, 6.45) is 0. The number of hydrogen-bond donors (Lipinski definition) is 1. The Morgan fingerprint density at radius 2 is 2.24 bits per heavy atom. The highest BCUT2D eigenvalue weighted by atomic mass is 35.5. The molecule has 1 heterocycles. The van der Waals surface area contributed by atoms with E-state index >= 15 is 0 Å². The zero-order chi connectivity index (χ0) is 15.4. The van der Waals surface area contributed by atoms with Crippen molar-refractivity contribution in [1.82, 2.24) is 4.90 Å². The Hall–Kier alpha value is -1.73. The number of rotatable bonds is 4. The molecule has 0 radical (unpaired) electrons. The standard InChI is InChI=1S/C13H13ClN2O4S/c1-20-12(18)8-2-3-9(14)10(6-8)15-11(17)7-16-4-5-21-13(16)19/h2-3,6H,4-5,7H2,1H3,(H,15,17). The Kier molecular flexibility index (Phi) is 5.08. The van der Waals surface area contributed by atoms with E-state index in [4.69, 9.17) is 11.6 Å². The number of nitrogens with one attached hydrogen (secondary N) is 1. The van der Waals surface area contributed by atoms with Gasteiger partial charge in [-0.25, -0.2) is 4.79 Å². The maximum atomic E-state index is 11.9. The smallest absolute Gasteiger partial charge is 0.337 e. The summed E-state index contributed by atoms with van der Waals surface area (Å²) in [7, 11) is 1.27. The molecule has 0 aromatic heterocycles. The Morgan fingerprint density at radius 3 is 2.86 bits per heavy atom. The summed E-state index contributed by atoms with van der Waals surface area (Å²) < 4.78 is 4.61. The number of benzene rings is 1. The van der Waals surface area contributed by atoms with E-state index in [1.807, 2.05) is 0 Å². The number of carbonyl (C=O) groups excluding carboxylic acids is 3. The molecule has 1 aromatic rings. The van der Waals surface area contributed by atoms with Gasteiger partial charge < -0.3 is 15.0 Å². The Morgan fingerprint density at radius 1 is 1.48 bits per heavy atom. The van der Waals surface area contributed by atoms with Crippen molar-refractivity contribution in [2.75, 3.05) is 31.3 Å². The number of amides is 2. The summed E-state index contributed by atoms with van der Waals surface area (Å²) >= 11 is 7.17. The number of nitrogens with zero attached hydrogens (tertiary/aromatic N) is 1. The van der Waals surface area contributed by atoms with Crippen LogP contribution in [0.1, 0.15) is 10.4 Å². The van der Waals surface area contributed by atoms with E-state index in [1.165, 1.54) is 42.0 Å². The van der Waals surface area contributed by atoms with Crippen molar-refractivity contribution in [3.8, 4) is 0 Å². The number of hydrogen-bond acceptors (Lipinski definition) is 5. The maximum Gasteiger partial charge on any atom is 0.337 e. The maximum absolute atomic E-state index is 11.9. The SMILES string of the molecule is COC(=O)c1ccc(Cl)c(NC(=O)CN2CCSC2=O)c1. The molecule has 21 heavy (non-hydrogen) atoms. The molecule has 2 rings (SSSR count). The molecule has 1 aromatic carbocycles. The molecule has 1 N–H and O–H groups in total. The van der Waals surface area contributed by atoms with Crippen LogP contribution in [-0.4, -0.2) is 48.0 Å². The summed E-state index contributed by atoms with van der Waals surface area (Å²) in [5.74, 6) is -0.201. The summed E-state index contributed by atoms with van der Waals surface area (Å²) in [6.45, 7) is 0.511. The molecule has 8 heteroatoms. The average molecular weight is 329 g/mol. The van der Waals surface area contributed by atoms with E-state index in [0.29, 0.717) is 23.0 Å². The van der Waals surface area contributed by atoms with Crippen LogP contribution in [0.4, 0.5) is 10.5 Å². The van der Waals surface area contributed by atoms with Gasteiger partial charge >= 0.3 is 5.97 Å². The second-order valence-electron chi connectivity index (χ2n) is 4.27. The molecule has 0 bridgehead atoms. The third-order valence-corrected chi connectivity index (χ3v) is 4.06. The molecule has 0 atom stereocenters. The van der Waals surface area contributed by atoms with E-state index in [-0.39, 0.29) is 23.3 Å². The van der Waals surface area contributed by atoms with Gasteiger partial charge in [0.25, 0.3) is 5.24 Å². The lowest BCUT2D eigenvalue weighted by Crippen LogP contribution is -2.33. The lowest BCUT2D eigenvalue weighted by molar-refractivity contribution is -0.116. The van der Waals surface area contributed by atoms with E-state index in [0.717, 1.165) is 0 Å². The van der Waals surface area contributed by atoms with Crippen molar-refractivity contribution in [2.45, 2.75) is 0 Å². The number of thioether (sulfide) groups is 1. The molecular formula is C13H13ClN2O4S. The Balaban J connectivity index is 2.06. The predicted octanol–water partition coefficient (Wildman–Crippen LogP) is 2.23. The summed E-state index contributed by atoms with van der Waals surface area (Å²) in [4.78, 5) is 36.3. The van der Waals surface area contributed by atoms with Crippen LogP contribution < -0.4 is 5.32 Å². The quantitative estimate of drug-likeness (QED) is 0.858. The summed E-state index contributed by atoms with van der Waals surface area (Å²) in [5, 5.41) is 2.79. The van der Waals surface area contributed by atoms with Crippen LogP contribution in [-0.2, 0) is 9.53 Å². The molecule has 1 fully saturated rings. The molecule has 2 amide bonds. The van der Waals surface area contributed by atoms with Crippen molar-refractivity contribution in [2.24, 2.45) is 0 Å². The van der Waals surface area contributed by atoms with Crippen LogP contribution in [0.15, 0.2) is 18.2 Å². The minimum absolute atomic E-state index is 0.0371. The first-order valence-electron chi connectivity index (χ1n) is 6.10. The Bertz CT molecular complexity index is 594. The number of esters is 1. The first-order valence-corrected chi connectivity index (χ1v) is 7.47. The van der Waals surface area contributed by atoms with Gasteiger partial charge in [0.2, 0.25) is 5.91 Å². The fourth-order valence-corrected chi connectivity index (χ4v) is 2.79. The molecular weight excluding hydrogens is 316 g/mol. The van der Waals surface area contributed by atoms with Crippen molar-refractivity contribution in [3.05, 3.63) is 28.8 Å². The van der Waals surface area contributed by atoms with Gasteiger partial charge in [-0.2, -0.15) is 0 Å². The molecule has 0 spiro atoms. The second-order valence-corrected chi connectivity index (χ2v) is 5.72. The normalized spacial score (nSPS) is 14.2. The van der Waals surface area contributed by atoms with Gasteiger partial charge in [0, 0.05) is 12.3 Å². The van der Waals surface area contributed by atoms with E-state index in [1.54, 1.807) is 0 Å². The van der Waals surface area contributed by atoms with Crippen molar-refractivity contribution < 1.29 is 19.1 Å². The van der Waals surface area contributed by atoms with Gasteiger partial charge in [-0.05, 0) is 18.2 Å². The summed E-state index contributed by atoms with van der Waals surface area (Å²) in [6, 6.07) is 4.44. The third kappa shape index (κ3) is 3.89. The lowest BCUT2D eigenvalue weighted by Gasteiger charge is -2.15. The minimum Gasteiger partial charge on any atom is -0.465 e. The molecule has 0 saturated carbocycles. The predicted molar refractivity (Wildman–Crippen MR) is 80.8 cm³/mol. The van der Waals surface area contributed by atoms with Gasteiger partial charge in [-0.3, -0.25) is 9.59 Å². The molecule has 0 unspecified atom stereocenters. The summed E-state index contributed by atoms with van der Waals surface area (Å²) in [5.41, 5.74) is 0.592. The van der Waals surface area contributed by atoms with Gasteiger partial charge in [-0.1, -0.05) is 23.4 Å². The van der Waals surface area contributed by atoms with Gasteiger partial charge in [0.1, 0.15) is 6.54 Å². The third-order valence-electron chi connectivity index (χ3n) is 2.84. The highest BCUT2D eigenvalue weighted by Crippen LogP contribution is 2.24. The van der Waals surface area contributed by atoms with Crippen LogP contribution in [0, 0.1) is 0 Å². The number of methoxy groups -OCH3 is 1. The van der Waals surface area contributed by atoms with Crippen molar-refractivity contribution in [1.29, 1.82) is 0 Å². The van der Waals surface area contributed by atoms with Crippen LogP contribution in [0.5, 0.6) is 0 Å². The van der Waals surface area contributed by atoms with Gasteiger partial charge in [0.15, 0.2) is 0 Å². The number of carbonyl (C=O) groups is 3. The van der Waals surface area contributed by atoms with Crippen molar-refractivity contribution in [3.63, 3.8) is 0 Å². The van der Waals surface area contributed by atoms with Gasteiger partial charge in [-0.15, -0.1) is 0 Å². The first-order chi connectivity index (χ1) is 10.0. The van der Waals surface area contributed by atoms with E-state index in [9.17, 15) is 14.4 Å². The van der Waals surface area contributed by atoms with Crippen molar-refractivity contribution >= 4 is 46.2 Å². The number of halogens is 1. The van der Waals surface area contributed by atoms with E-state index in [2.05, 4.69) is 10.1 Å². The molecule has 1 saturated heterocycles. The monoisotopic (exact) mass is 328 g/mol. The molecule has 6 nitrogen and oxygen atoms in total. The van der Waals surface area contributed by atoms with Crippen LogP contribution >= 0.6 is 23.4 Å². The highest BCUT2D eigenvalue weighted by molar-refractivity contribution is 8.13. The Labute approximate surface area is 130 Å². The number of ether oxygens (including phenoxy) is 1. The first kappa shape index (κ1) is 15.7. The minimum atomic E-state index is -0.520. The van der Waals surface area contributed by atoms with Crippen LogP contribution in [0.25, 0.3) is 0 Å². The molecule has 0 aliphatic carbocycles. The fourth-order valence-electron chi connectivity index (χ4n) is 1.80.